The Labute approximate surface area is 125 Å². The number of rotatable bonds is 6. The number of carboxylic acid groups (broad SMARTS) is 1. The first-order valence-corrected chi connectivity index (χ1v) is 7.45. The molecule has 1 aromatic rings. The molecule has 0 spiro atoms. The minimum atomic E-state index is -0.877. The maximum atomic E-state index is 11.8. The monoisotopic (exact) mass is 290 g/mol. The number of benzene rings is 1. The largest absolute Gasteiger partial charge is 0.478 e. The highest BCUT2D eigenvalue weighted by molar-refractivity contribution is 5.90. The van der Waals surface area contributed by atoms with Gasteiger partial charge in [-0.15, -0.1) is 0 Å². The van der Waals surface area contributed by atoms with E-state index in [9.17, 15) is 14.7 Å². The number of nitrogens with one attached hydrogen (secondary N) is 1. The molecule has 0 fully saturated rings. The fraction of sp³-hybridized carbons (Fsp3) is 0.500. The van der Waals surface area contributed by atoms with Crippen molar-refractivity contribution < 1.29 is 14.7 Å². The third-order valence-corrected chi connectivity index (χ3v) is 3.80. The fourth-order valence-electron chi connectivity index (χ4n) is 2.67. The molecule has 2 rings (SSSR count). The number of carbonyl (C=O) groups is 2. The van der Waals surface area contributed by atoms with Gasteiger partial charge in [-0.25, -0.2) is 4.79 Å². The summed E-state index contributed by atoms with van der Waals surface area (Å²) >= 11 is 0. The van der Waals surface area contributed by atoms with Crippen LogP contribution in [-0.4, -0.2) is 41.5 Å². The Morgan fingerprint density at radius 3 is 2.90 bits per heavy atom. The molecule has 0 bridgehead atoms. The van der Waals surface area contributed by atoms with Crippen molar-refractivity contribution in [2.24, 2.45) is 0 Å². The van der Waals surface area contributed by atoms with Gasteiger partial charge in [0.05, 0.1) is 12.1 Å². The Morgan fingerprint density at radius 2 is 2.19 bits per heavy atom. The summed E-state index contributed by atoms with van der Waals surface area (Å²) in [6.07, 6.45) is 2.74. The van der Waals surface area contributed by atoms with Crippen molar-refractivity contribution in [3.05, 3.63) is 34.9 Å². The Morgan fingerprint density at radius 1 is 1.38 bits per heavy atom. The molecule has 5 nitrogen and oxygen atoms in total. The maximum Gasteiger partial charge on any atom is 0.335 e. The molecule has 0 unspecified atom stereocenters. The zero-order chi connectivity index (χ0) is 15.2. The average molecular weight is 290 g/mol. The second-order valence-corrected chi connectivity index (χ2v) is 5.41. The van der Waals surface area contributed by atoms with E-state index < -0.39 is 5.97 Å². The molecule has 1 aliphatic heterocycles. The number of fused-ring (bicyclic) bond motifs is 1. The van der Waals surface area contributed by atoms with Crippen molar-refractivity contribution >= 4 is 11.9 Å². The van der Waals surface area contributed by atoms with E-state index in [1.165, 1.54) is 0 Å². The molecule has 1 amide bonds. The van der Waals surface area contributed by atoms with Crippen LogP contribution in [0.3, 0.4) is 0 Å². The predicted octanol–water partition coefficient (Wildman–Crippen LogP) is 1.66. The van der Waals surface area contributed by atoms with Crippen LogP contribution in [0, 0.1) is 0 Å². The van der Waals surface area contributed by atoms with Gasteiger partial charge in [0.25, 0.3) is 0 Å². The van der Waals surface area contributed by atoms with Crippen molar-refractivity contribution in [2.75, 3.05) is 19.6 Å². The quantitative estimate of drug-likeness (QED) is 0.782. The number of aromatic carboxylic acids is 1. The van der Waals surface area contributed by atoms with E-state index in [1.54, 1.807) is 12.1 Å². The minimum absolute atomic E-state index is 0.0429. The van der Waals surface area contributed by atoms with E-state index in [2.05, 4.69) is 17.1 Å². The molecule has 0 radical (unpaired) electrons. The third-order valence-electron chi connectivity index (χ3n) is 3.80. The van der Waals surface area contributed by atoms with Gasteiger partial charge in [0.2, 0.25) is 5.91 Å². The highest BCUT2D eigenvalue weighted by Crippen LogP contribution is 2.22. The normalized spacial score (nSPS) is 14.5. The van der Waals surface area contributed by atoms with Crippen LogP contribution in [-0.2, 0) is 17.8 Å². The lowest BCUT2D eigenvalue weighted by molar-refractivity contribution is -0.122. The summed E-state index contributed by atoms with van der Waals surface area (Å²) in [5.41, 5.74) is 2.31. The van der Waals surface area contributed by atoms with Gasteiger partial charge in [0.15, 0.2) is 0 Å². The summed E-state index contributed by atoms with van der Waals surface area (Å²) in [5, 5.41) is 12.1. The van der Waals surface area contributed by atoms with E-state index >= 15 is 0 Å². The molecule has 0 atom stereocenters. The minimum Gasteiger partial charge on any atom is -0.478 e. The zero-order valence-electron chi connectivity index (χ0n) is 12.4. The van der Waals surface area contributed by atoms with Gasteiger partial charge < -0.3 is 10.4 Å². The summed E-state index contributed by atoms with van der Waals surface area (Å²) in [6.45, 7) is 4.55. The molecule has 21 heavy (non-hydrogen) atoms. The first kappa shape index (κ1) is 15.5. The van der Waals surface area contributed by atoms with Crippen molar-refractivity contribution in [1.82, 2.24) is 10.2 Å². The van der Waals surface area contributed by atoms with Gasteiger partial charge in [0.1, 0.15) is 0 Å². The number of carbonyl (C=O) groups excluding carboxylic acids is 1. The van der Waals surface area contributed by atoms with Gasteiger partial charge in [-0.1, -0.05) is 25.5 Å². The van der Waals surface area contributed by atoms with Gasteiger partial charge in [-0.05, 0) is 30.0 Å². The van der Waals surface area contributed by atoms with Crippen molar-refractivity contribution in [3.8, 4) is 0 Å². The van der Waals surface area contributed by atoms with Gasteiger partial charge in [-0.2, -0.15) is 0 Å². The van der Waals surface area contributed by atoms with Crippen LogP contribution in [0.4, 0.5) is 0 Å². The molecule has 0 saturated heterocycles. The van der Waals surface area contributed by atoms with E-state index in [4.69, 9.17) is 0 Å². The van der Waals surface area contributed by atoms with Crippen LogP contribution >= 0.6 is 0 Å². The zero-order valence-corrected chi connectivity index (χ0v) is 12.4. The second-order valence-electron chi connectivity index (χ2n) is 5.41. The van der Waals surface area contributed by atoms with Gasteiger partial charge in [0, 0.05) is 19.6 Å². The first-order valence-electron chi connectivity index (χ1n) is 7.45. The lowest BCUT2D eigenvalue weighted by Gasteiger charge is -2.29. The van der Waals surface area contributed by atoms with Gasteiger partial charge >= 0.3 is 5.97 Å². The van der Waals surface area contributed by atoms with E-state index in [0.29, 0.717) is 25.1 Å². The molecular weight excluding hydrogens is 268 g/mol. The molecule has 1 aliphatic rings. The van der Waals surface area contributed by atoms with E-state index in [-0.39, 0.29) is 5.91 Å². The number of hydrogen-bond donors (Lipinski definition) is 2. The van der Waals surface area contributed by atoms with Crippen LogP contribution in [0.15, 0.2) is 18.2 Å². The molecule has 1 aromatic carbocycles. The molecule has 0 saturated carbocycles. The van der Waals surface area contributed by atoms with Crippen LogP contribution in [0.5, 0.6) is 0 Å². The molecule has 5 heteroatoms. The smallest absolute Gasteiger partial charge is 0.335 e. The third kappa shape index (κ3) is 4.04. The summed E-state index contributed by atoms with van der Waals surface area (Å²) in [4.78, 5) is 25.1. The molecule has 0 aliphatic carbocycles. The topological polar surface area (TPSA) is 69.6 Å². The molecule has 114 valence electrons. The summed E-state index contributed by atoms with van der Waals surface area (Å²) < 4.78 is 0. The Hall–Kier alpha value is -1.88. The number of nitrogens with zero attached hydrogens (tertiary/aromatic N) is 1. The van der Waals surface area contributed by atoms with Crippen molar-refractivity contribution in [3.63, 3.8) is 0 Å². The van der Waals surface area contributed by atoms with Crippen LogP contribution in [0.2, 0.25) is 0 Å². The molecular formula is C16H22N2O3. The summed E-state index contributed by atoms with van der Waals surface area (Å²) in [7, 11) is 0. The Kier molecular flexibility index (Phi) is 5.33. The Balaban J connectivity index is 1.95. The number of carboxylic acids is 1. The first-order chi connectivity index (χ1) is 10.1. The fourth-order valence-corrected chi connectivity index (χ4v) is 2.67. The van der Waals surface area contributed by atoms with E-state index in [1.807, 2.05) is 6.07 Å². The van der Waals surface area contributed by atoms with E-state index in [0.717, 1.165) is 37.1 Å². The molecule has 0 aromatic heterocycles. The lowest BCUT2D eigenvalue weighted by atomic mass is 9.94. The number of unbranched alkanes of at least 4 members (excludes halogenated alkanes) is 1. The second kappa shape index (κ2) is 7.22. The van der Waals surface area contributed by atoms with Crippen LogP contribution in [0.1, 0.15) is 41.3 Å². The summed E-state index contributed by atoms with van der Waals surface area (Å²) in [5.74, 6) is -0.834. The van der Waals surface area contributed by atoms with Crippen molar-refractivity contribution in [1.29, 1.82) is 0 Å². The Bertz CT molecular complexity index is 528. The predicted molar refractivity (Wildman–Crippen MR) is 80.3 cm³/mol. The maximum absolute atomic E-state index is 11.8. The highest BCUT2D eigenvalue weighted by atomic mass is 16.4. The summed E-state index contributed by atoms with van der Waals surface area (Å²) in [6, 6.07) is 5.37. The van der Waals surface area contributed by atoms with Crippen LogP contribution < -0.4 is 5.32 Å². The SMILES string of the molecule is CCCCNC(=O)CN1CCc2c(cccc2C(=O)O)C1. The number of hydrogen-bond acceptors (Lipinski definition) is 3. The average Bonchev–Trinajstić information content (AvgIpc) is 2.46. The molecule has 1 heterocycles. The lowest BCUT2D eigenvalue weighted by Crippen LogP contribution is -2.40. The number of amides is 1. The highest BCUT2D eigenvalue weighted by Gasteiger charge is 2.22. The van der Waals surface area contributed by atoms with Gasteiger partial charge in [-0.3, -0.25) is 9.69 Å². The standard InChI is InChI=1S/C16H22N2O3/c1-2-3-8-17-15(19)11-18-9-7-13-12(10-18)5-4-6-14(13)16(20)21/h4-6H,2-3,7-11H2,1H3,(H,17,19)(H,20,21). The molecule has 2 N–H and O–H groups in total. The van der Waals surface area contributed by atoms with Crippen LogP contribution in [0.25, 0.3) is 0 Å². The van der Waals surface area contributed by atoms with Crippen molar-refractivity contribution in [2.45, 2.75) is 32.7 Å².